The number of amides is 1. The summed E-state index contributed by atoms with van der Waals surface area (Å²) in [5.74, 6) is -0.116. The Morgan fingerprint density at radius 1 is 1.19 bits per heavy atom. The molecule has 0 spiro atoms. The summed E-state index contributed by atoms with van der Waals surface area (Å²) < 4.78 is 25.5. The fourth-order valence-electron chi connectivity index (χ4n) is 2.46. The summed E-state index contributed by atoms with van der Waals surface area (Å²) in [6.45, 7) is 3.27. The van der Waals surface area contributed by atoms with Crippen molar-refractivity contribution in [2.24, 2.45) is 0 Å². The third kappa shape index (κ3) is 4.01. The molecule has 0 aliphatic heterocycles. The Morgan fingerprint density at radius 3 is 2.63 bits per heavy atom. The van der Waals surface area contributed by atoms with Crippen LogP contribution in [0.2, 0.25) is 5.02 Å². The Kier molecular flexibility index (Phi) is 5.29. The summed E-state index contributed by atoms with van der Waals surface area (Å²) in [6, 6.07) is 13.2. The number of aryl methyl sites for hydroxylation is 1. The number of anilines is 1. The molecule has 1 heterocycles. The number of carbonyl (C=O) groups excluding carboxylic acids is 1. The standard InChI is InChI=1S/C18H17ClN4O3S/c1-3-27(25,26)14-8-6-7-13(11-14)21-18(24)17-20-12(2)23(22-17)16-10-5-4-9-15(16)19/h4-11H,3H2,1-2H3,(H,21,24). The highest BCUT2D eigenvalue weighted by Gasteiger charge is 2.18. The number of para-hydroxylation sites is 1. The van der Waals surface area contributed by atoms with Gasteiger partial charge in [0.1, 0.15) is 5.82 Å². The van der Waals surface area contributed by atoms with E-state index in [1.165, 1.54) is 16.8 Å². The minimum atomic E-state index is -3.37. The van der Waals surface area contributed by atoms with E-state index in [-0.39, 0.29) is 16.5 Å². The van der Waals surface area contributed by atoms with E-state index < -0.39 is 15.7 Å². The van der Waals surface area contributed by atoms with Crippen molar-refractivity contribution in [3.63, 3.8) is 0 Å². The van der Waals surface area contributed by atoms with Crippen LogP contribution in [0, 0.1) is 6.92 Å². The van der Waals surface area contributed by atoms with Gasteiger partial charge in [-0.05, 0) is 37.3 Å². The van der Waals surface area contributed by atoms with Crippen molar-refractivity contribution in [1.82, 2.24) is 14.8 Å². The molecule has 9 heteroatoms. The number of hydrogen-bond acceptors (Lipinski definition) is 5. The molecule has 1 aromatic heterocycles. The summed E-state index contributed by atoms with van der Waals surface area (Å²) >= 11 is 6.18. The first-order valence-corrected chi connectivity index (χ1v) is 10.2. The summed E-state index contributed by atoms with van der Waals surface area (Å²) in [7, 11) is -3.37. The van der Waals surface area contributed by atoms with Crippen LogP contribution in [-0.2, 0) is 9.84 Å². The molecule has 0 unspecified atom stereocenters. The molecule has 2 aromatic carbocycles. The fraction of sp³-hybridized carbons (Fsp3) is 0.167. The Hall–Kier alpha value is -2.71. The first-order chi connectivity index (χ1) is 12.8. The highest BCUT2D eigenvalue weighted by Crippen LogP contribution is 2.21. The summed E-state index contributed by atoms with van der Waals surface area (Å²) in [5, 5.41) is 7.32. The van der Waals surface area contributed by atoms with Gasteiger partial charge in [-0.15, -0.1) is 5.10 Å². The second-order valence-corrected chi connectivity index (χ2v) is 8.42. The van der Waals surface area contributed by atoms with E-state index in [2.05, 4.69) is 15.4 Å². The van der Waals surface area contributed by atoms with Crippen LogP contribution in [0.25, 0.3) is 5.69 Å². The normalized spacial score (nSPS) is 11.4. The molecular weight excluding hydrogens is 388 g/mol. The molecule has 0 fully saturated rings. The smallest absolute Gasteiger partial charge is 0.295 e. The van der Waals surface area contributed by atoms with E-state index in [1.54, 1.807) is 44.2 Å². The molecule has 27 heavy (non-hydrogen) atoms. The van der Waals surface area contributed by atoms with E-state index >= 15 is 0 Å². The molecule has 0 saturated heterocycles. The van der Waals surface area contributed by atoms with Gasteiger partial charge in [0.25, 0.3) is 5.91 Å². The molecule has 3 aromatic rings. The predicted octanol–water partition coefficient (Wildman–Crippen LogP) is 3.28. The largest absolute Gasteiger partial charge is 0.319 e. The van der Waals surface area contributed by atoms with Crippen molar-refractivity contribution in [2.75, 3.05) is 11.1 Å². The molecule has 1 amide bonds. The van der Waals surface area contributed by atoms with Crippen molar-refractivity contribution in [3.8, 4) is 5.69 Å². The van der Waals surface area contributed by atoms with E-state index in [1.807, 2.05) is 6.07 Å². The number of hydrogen-bond donors (Lipinski definition) is 1. The predicted molar refractivity (Wildman–Crippen MR) is 103 cm³/mol. The number of benzene rings is 2. The van der Waals surface area contributed by atoms with Gasteiger partial charge in [0.05, 0.1) is 21.4 Å². The summed E-state index contributed by atoms with van der Waals surface area (Å²) in [4.78, 5) is 16.8. The number of sulfone groups is 1. The van der Waals surface area contributed by atoms with E-state index in [0.717, 1.165) is 0 Å². The van der Waals surface area contributed by atoms with Gasteiger partial charge in [0, 0.05) is 5.69 Å². The Labute approximate surface area is 161 Å². The van der Waals surface area contributed by atoms with Gasteiger partial charge < -0.3 is 5.32 Å². The van der Waals surface area contributed by atoms with Gasteiger partial charge in [-0.3, -0.25) is 4.79 Å². The molecule has 0 atom stereocenters. The third-order valence-corrected chi connectivity index (χ3v) is 5.94. The summed E-state index contributed by atoms with van der Waals surface area (Å²) in [5.41, 5.74) is 0.959. The van der Waals surface area contributed by atoms with E-state index in [0.29, 0.717) is 22.2 Å². The molecule has 0 aliphatic carbocycles. The van der Waals surface area contributed by atoms with Crippen LogP contribution in [-0.4, -0.2) is 34.8 Å². The van der Waals surface area contributed by atoms with Crippen LogP contribution in [0.15, 0.2) is 53.4 Å². The molecule has 0 aliphatic rings. The Morgan fingerprint density at radius 2 is 1.93 bits per heavy atom. The van der Waals surface area contributed by atoms with Gasteiger partial charge in [-0.1, -0.05) is 36.7 Å². The zero-order chi connectivity index (χ0) is 19.6. The molecule has 0 radical (unpaired) electrons. The van der Waals surface area contributed by atoms with Gasteiger partial charge in [0.15, 0.2) is 9.84 Å². The molecule has 3 rings (SSSR count). The van der Waals surface area contributed by atoms with Crippen molar-refractivity contribution in [2.45, 2.75) is 18.7 Å². The van der Waals surface area contributed by atoms with Crippen LogP contribution < -0.4 is 5.32 Å². The highest BCUT2D eigenvalue weighted by molar-refractivity contribution is 7.91. The second kappa shape index (κ2) is 7.50. The van der Waals surface area contributed by atoms with Crippen LogP contribution in [0.5, 0.6) is 0 Å². The maximum Gasteiger partial charge on any atom is 0.295 e. The van der Waals surface area contributed by atoms with Crippen LogP contribution in [0.1, 0.15) is 23.4 Å². The molecule has 140 valence electrons. The average molecular weight is 405 g/mol. The molecular formula is C18H17ClN4O3S. The molecule has 7 nitrogen and oxygen atoms in total. The van der Waals surface area contributed by atoms with Crippen LogP contribution in [0.4, 0.5) is 5.69 Å². The quantitative estimate of drug-likeness (QED) is 0.704. The van der Waals surface area contributed by atoms with Crippen LogP contribution >= 0.6 is 11.6 Å². The lowest BCUT2D eigenvalue weighted by atomic mass is 10.3. The lowest BCUT2D eigenvalue weighted by Crippen LogP contribution is -2.15. The van der Waals surface area contributed by atoms with Crippen molar-refractivity contribution < 1.29 is 13.2 Å². The SMILES string of the molecule is CCS(=O)(=O)c1cccc(NC(=O)c2nc(C)n(-c3ccccc3Cl)n2)c1. The maximum atomic E-state index is 12.5. The van der Waals surface area contributed by atoms with Gasteiger partial charge in [0.2, 0.25) is 5.82 Å². The zero-order valence-corrected chi connectivity index (χ0v) is 16.3. The minimum absolute atomic E-state index is 0.0204. The summed E-state index contributed by atoms with van der Waals surface area (Å²) in [6.07, 6.45) is 0. The van der Waals surface area contributed by atoms with E-state index in [9.17, 15) is 13.2 Å². The monoisotopic (exact) mass is 404 g/mol. The van der Waals surface area contributed by atoms with Crippen molar-refractivity contribution in [3.05, 3.63) is 65.2 Å². The number of rotatable bonds is 5. The van der Waals surface area contributed by atoms with Crippen molar-refractivity contribution in [1.29, 1.82) is 0 Å². The third-order valence-electron chi connectivity index (χ3n) is 3.88. The molecule has 0 bridgehead atoms. The number of carbonyl (C=O) groups is 1. The number of nitrogens with zero attached hydrogens (tertiary/aromatic N) is 3. The zero-order valence-electron chi connectivity index (χ0n) is 14.7. The van der Waals surface area contributed by atoms with Gasteiger partial charge in [-0.25, -0.2) is 18.1 Å². The first kappa shape index (κ1) is 19.1. The second-order valence-electron chi connectivity index (χ2n) is 5.73. The van der Waals surface area contributed by atoms with Crippen molar-refractivity contribution >= 4 is 33.0 Å². The van der Waals surface area contributed by atoms with Gasteiger partial charge >= 0.3 is 0 Å². The lowest BCUT2D eigenvalue weighted by Gasteiger charge is -2.06. The topological polar surface area (TPSA) is 94.0 Å². The molecule has 1 N–H and O–H groups in total. The number of halogens is 1. The highest BCUT2D eigenvalue weighted by atomic mass is 35.5. The lowest BCUT2D eigenvalue weighted by molar-refractivity contribution is 0.101. The Balaban J connectivity index is 1.87. The number of aromatic nitrogens is 3. The first-order valence-electron chi connectivity index (χ1n) is 8.14. The fourth-order valence-corrected chi connectivity index (χ4v) is 3.60. The Bertz CT molecular complexity index is 1110. The van der Waals surface area contributed by atoms with Crippen LogP contribution in [0.3, 0.4) is 0 Å². The average Bonchev–Trinajstić information content (AvgIpc) is 3.04. The molecule has 0 saturated carbocycles. The maximum absolute atomic E-state index is 12.5. The number of nitrogens with one attached hydrogen (secondary N) is 1. The minimum Gasteiger partial charge on any atom is -0.319 e. The van der Waals surface area contributed by atoms with Gasteiger partial charge in [-0.2, -0.15) is 0 Å². The van der Waals surface area contributed by atoms with E-state index in [4.69, 9.17) is 11.6 Å².